The molecule has 1 fully saturated rings. The third-order valence-corrected chi connectivity index (χ3v) is 4.39. The number of nitrogens with zero attached hydrogens (tertiary/aromatic N) is 1. The second kappa shape index (κ2) is 7.31. The van der Waals surface area contributed by atoms with Gasteiger partial charge in [0.25, 0.3) is 0 Å². The number of hydrogen-bond donors (Lipinski definition) is 2. The highest BCUT2D eigenvalue weighted by Crippen LogP contribution is 2.45. The zero-order valence-corrected chi connectivity index (χ0v) is 14.1. The number of para-hydroxylation sites is 1. The van der Waals surface area contributed by atoms with Gasteiger partial charge in [0, 0.05) is 49.8 Å². The monoisotopic (exact) mass is 308 g/mol. The predicted molar refractivity (Wildman–Crippen MR) is 87.6 cm³/mol. The summed E-state index contributed by atoms with van der Waals surface area (Å²) in [5.41, 5.74) is 0.791. The lowest BCUT2D eigenvalue weighted by Gasteiger charge is -2.44. The lowest BCUT2D eigenvalue weighted by atomic mass is 9.79. The second-order valence-electron chi connectivity index (χ2n) is 6.42. The molecule has 1 aliphatic rings. The van der Waals surface area contributed by atoms with Crippen molar-refractivity contribution in [2.45, 2.75) is 19.9 Å². The van der Waals surface area contributed by atoms with Crippen molar-refractivity contribution < 1.29 is 14.6 Å². The van der Waals surface area contributed by atoms with Crippen molar-refractivity contribution in [3.8, 4) is 11.5 Å². The van der Waals surface area contributed by atoms with Crippen molar-refractivity contribution in [3.05, 3.63) is 23.8 Å². The van der Waals surface area contributed by atoms with Crippen LogP contribution >= 0.6 is 0 Å². The van der Waals surface area contributed by atoms with Gasteiger partial charge in [-0.15, -0.1) is 0 Å². The van der Waals surface area contributed by atoms with Gasteiger partial charge < -0.3 is 19.9 Å². The minimum atomic E-state index is -0.281. The van der Waals surface area contributed by atoms with Gasteiger partial charge in [0.2, 0.25) is 0 Å². The Morgan fingerprint density at radius 3 is 2.45 bits per heavy atom. The highest BCUT2D eigenvalue weighted by Gasteiger charge is 2.37. The Morgan fingerprint density at radius 2 is 1.91 bits per heavy atom. The summed E-state index contributed by atoms with van der Waals surface area (Å²) in [6, 6.07) is 6.04. The maximum Gasteiger partial charge on any atom is 0.165 e. The summed E-state index contributed by atoms with van der Waals surface area (Å²) in [4.78, 5) is 2.42. The van der Waals surface area contributed by atoms with E-state index in [9.17, 15) is 5.11 Å². The lowest BCUT2D eigenvalue weighted by Crippen LogP contribution is -2.49. The van der Waals surface area contributed by atoms with Crippen molar-refractivity contribution in [3.63, 3.8) is 0 Å². The smallest absolute Gasteiger partial charge is 0.165 e. The SMILES string of the molecule is COc1cccc([C@H](N2CCNCC2)C(C)(C)CO)c1OC. The Kier molecular flexibility index (Phi) is 5.67. The molecule has 1 heterocycles. The molecule has 5 heteroatoms. The summed E-state index contributed by atoms with van der Waals surface area (Å²) < 4.78 is 11.1. The van der Waals surface area contributed by atoms with Crippen LogP contribution in [0.2, 0.25) is 0 Å². The zero-order chi connectivity index (χ0) is 16.2. The van der Waals surface area contributed by atoms with E-state index in [4.69, 9.17) is 9.47 Å². The molecule has 0 bridgehead atoms. The Morgan fingerprint density at radius 1 is 1.23 bits per heavy atom. The maximum absolute atomic E-state index is 9.93. The number of piperazine rings is 1. The average molecular weight is 308 g/mol. The van der Waals surface area contributed by atoms with E-state index in [1.54, 1.807) is 14.2 Å². The number of nitrogens with one attached hydrogen (secondary N) is 1. The summed E-state index contributed by atoms with van der Waals surface area (Å²) in [6.45, 7) is 8.14. The molecule has 1 saturated heterocycles. The molecular formula is C17H28N2O3. The van der Waals surface area contributed by atoms with Crippen LogP contribution in [0.15, 0.2) is 18.2 Å². The number of methoxy groups -OCH3 is 2. The van der Waals surface area contributed by atoms with Crippen LogP contribution in [0.3, 0.4) is 0 Å². The molecule has 0 spiro atoms. The number of hydrogen-bond acceptors (Lipinski definition) is 5. The normalized spacial score (nSPS) is 18.0. The summed E-state index contributed by atoms with van der Waals surface area (Å²) in [7, 11) is 3.32. The molecule has 0 amide bonds. The molecule has 22 heavy (non-hydrogen) atoms. The minimum Gasteiger partial charge on any atom is -0.493 e. The first-order valence-corrected chi connectivity index (χ1v) is 7.81. The molecule has 1 aliphatic heterocycles. The van der Waals surface area contributed by atoms with Gasteiger partial charge in [0.15, 0.2) is 11.5 Å². The van der Waals surface area contributed by atoms with Gasteiger partial charge in [0.1, 0.15) is 0 Å². The Hall–Kier alpha value is -1.30. The first-order valence-electron chi connectivity index (χ1n) is 7.81. The maximum atomic E-state index is 9.93. The number of rotatable bonds is 6. The van der Waals surface area contributed by atoms with Crippen LogP contribution in [0.5, 0.6) is 11.5 Å². The fourth-order valence-electron chi connectivity index (χ4n) is 3.27. The summed E-state index contributed by atoms with van der Waals surface area (Å²) in [5.74, 6) is 1.49. The van der Waals surface area contributed by atoms with E-state index in [0.717, 1.165) is 43.2 Å². The van der Waals surface area contributed by atoms with Gasteiger partial charge in [0.05, 0.1) is 14.2 Å². The van der Waals surface area contributed by atoms with Crippen LogP contribution in [0, 0.1) is 5.41 Å². The van der Waals surface area contributed by atoms with Gasteiger partial charge in [-0.05, 0) is 6.07 Å². The molecule has 124 valence electrons. The molecular weight excluding hydrogens is 280 g/mol. The quantitative estimate of drug-likeness (QED) is 0.837. The number of aliphatic hydroxyl groups excluding tert-OH is 1. The molecule has 2 N–H and O–H groups in total. The lowest BCUT2D eigenvalue weighted by molar-refractivity contribution is 0.0291. The van der Waals surface area contributed by atoms with Gasteiger partial charge in [-0.25, -0.2) is 0 Å². The van der Waals surface area contributed by atoms with E-state index in [0.29, 0.717) is 0 Å². The molecule has 0 aromatic heterocycles. The highest BCUT2D eigenvalue weighted by molar-refractivity contribution is 5.48. The van der Waals surface area contributed by atoms with E-state index in [-0.39, 0.29) is 18.1 Å². The molecule has 0 unspecified atom stereocenters. The van der Waals surface area contributed by atoms with Crippen LogP contribution in [0.25, 0.3) is 0 Å². The third-order valence-electron chi connectivity index (χ3n) is 4.39. The highest BCUT2D eigenvalue weighted by atomic mass is 16.5. The van der Waals surface area contributed by atoms with Gasteiger partial charge in [-0.3, -0.25) is 4.90 Å². The van der Waals surface area contributed by atoms with Crippen molar-refractivity contribution >= 4 is 0 Å². The van der Waals surface area contributed by atoms with Crippen LogP contribution < -0.4 is 14.8 Å². The van der Waals surface area contributed by atoms with Crippen molar-refractivity contribution in [2.75, 3.05) is 47.0 Å². The van der Waals surface area contributed by atoms with Crippen molar-refractivity contribution in [2.24, 2.45) is 5.41 Å². The zero-order valence-electron chi connectivity index (χ0n) is 14.1. The average Bonchev–Trinajstić information content (AvgIpc) is 2.55. The fourth-order valence-corrected chi connectivity index (χ4v) is 3.27. The van der Waals surface area contributed by atoms with Crippen molar-refractivity contribution in [1.82, 2.24) is 10.2 Å². The van der Waals surface area contributed by atoms with E-state index in [1.807, 2.05) is 12.1 Å². The summed E-state index contributed by atoms with van der Waals surface area (Å²) in [5, 5.41) is 13.3. The van der Waals surface area contributed by atoms with Gasteiger partial charge >= 0.3 is 0 Å². The van der Waals surface area contributed by atoms with Crippen LogP contribution in [-0.2, 0) is 0 Å². The topological polar surface area (TPSA) is 54.0 Å². The fraction of sp³-hybridized carbons (Fsp3) is 0.647. The van der Waals surface area contributed by atoms with Crippen LogP contribution in [0.1, 0.15) is 25.5 Å². The van der Waals surface area contributed by atoms with Crippen molar-refractivity contribution in [1.29, 1.82) is 0 Å². The molecule has 1 aromatic rings. The third kappa shape index (κ3) is 3.37. The predicted octanol–water partition coefficient (Wildman–Crippen LogP) is 1.67. The largest absolute Gasteiger partial charge is 0.493 e. The first-order chi connectivity index (χ1) is 10.5. The molecule has 1 atom stereocenters. The Balaban J connectivity index is 2.49. The Bertz CT molecular complexity index is 485. The van der Waals surface area contributed by atoms with Gasteiger partial charge in [-0.1, -0.05) is 26.0 Å². The van der Waals surface area contributed by atoms with E-state index < -0.39 is 0 Å². The molecule has 0 radical (unpaired) electrons. The number of aliphatic hydroxyl groups is 1. The van der Waals surface area contributed by atoms with Crippen LogP contribution in [-0.4, -0.2) is 57.0 Å². The van der Waals surface area contributed by atoms with Crippen LogP contribution in [0.4, 0.5) is 0 Å². The molecule has 0 aliphatic carbocycles. The number of benzene rings is 1. The van der Waals surface area contributed by atoms with E-state index >= 15 is 0 Å². The number of ether oxygens (including phenoxy) is 2. The first kappa shape index (κ1) is 17.1. The summed E-state index contributed by atoms with van der Waals surface area (Å²) >= 11 is 0. The van der Waals surface area contributed by atoms with E-state index in [1.165, 1.54) is 0 Å². The minimum absolute atomic E-state index is 0.0737. The molecule has 0 saturated carbocycles. The second-order valence-corrected chi connectivity index (χ2v) is 6.42. The van der Waals surface area contributed by atoms with E-state index in [2.05, 4.69) is 30.1 Å². The van der Waals surface area contributed by atoms with Gasteiger partial charge in [-0.2, -0.15) is 0 Å². The molecule has 2 rings (SSSR count). The standard InChI is InChI=1S/C17H28N2O3/c1-17(2,12-20)16(19-10-8-18-9-11-19)13-6-5-7-14(21-3)15(13)22-4/h5-7,16,18,20H,8-12H2,1-4H3/t16-/m0/s1. The molecule has 5 nitrogen and oxygen atoms in total. The molecule has 1 aromatic carbocycles. The Labute approximate surface area is 133 Å². The summed E-state index contributed by atoms with van der Waals surface area (Å²) in [6.07, 6.45) is 0.